The van der Waals surface area contributed by atoms with Gasteiger partial charge in [-0.3, -0.25) is 0 Å². The minimum atomic E-state index is -1.07. The third-order valence-corrected chi connectivity index (χ3v) is 3.17. The summed E-state index contributed by atoms with van der Waals surface area (Å²) in [5.41, 5.74) is 6.29. The van der Waals surface area contributed by atoms with Gasteiger partial charge in [-0.2, -0.15) is 0 Å². The van der Waals surface area contributed by atoms with Crippen LogP contribution in [0.1, 0.15) is 38.2 Å². The van der Waals surface area contributed by atoms with Crippen LogP contribution in [-0.2, 0) is 4.79 Å². The van der Waals surface area contributed by atoms with Crippen LogP contribution in [0.25, 0.3) is 0 Å². The van der Waals surface area contributed by atoms with Crippen LogP contribution in [0.2, 0.25) is 0 Å². The van der Waals surface area contributed by atoms with Crippen molar-refractivity contribution in [2.75, 3.05) is 0 Å². The minimum absolute atomic E-state index is 0.00273. The number of carboxylic acids is 1. The van der Waals surface area contributed by atoms with Crippen molar-refractivity contribution in [3.63, 3.8) is 0 Å². The number of nitrogens with zero attached hydrogens (tertiary/aromatic N) is 1. The van der Waals surface area contributed by atoms with Gasteiger partial charge in [-0.1, -0.05) is 38.5 Å². The summed E-state index contributed by atoms with van der Waals surface area (Å²) in [6.07, 6.45) is 3.47. The summed E-state index contributed by atoms with van der Waals surface area (Å²) in [6.45, 7) is 4.27. The van der Waals surface area contributed by atoms with Crippen LogP contribution in [0.5, 0.6) is 5.75 Å². The smallest absolute Gasteiger partial charge is 0.358 e. The van der Waals surface area contributed by atoms with Crippen LogP contribution in [0.3, 0.4) is 0 Å². The van der Waals surface area contributed by atoms with Crippen molar-refractivity contribution < 1.29 is 14.7 Å². The maximum atomic E-state index is 11.1. The van der Waals surface area contributed by atoms with E-state index >= 15 is 0 Å². The fourth-order valence-corrected chi connectivity index (χ4v) is 2.16. The number of para-hydroxylation sites is 1. The molecule has 6 nitrogen and oxygen atoms in total. The van der Waals surface area contributed by atoms with Crippen LogP contribution in [0.4, 0.5) is 0 Å². The Labute approximate surface area is 117 Å². The van der Waals surface area contributed by atoms with E-state index in [-0.39, 0.29) is 5.70 Å². The molecular formula is C14H19N3O3. The second-order valence-electron chi connectivity index (χ2n) is 4.70. The molecule has 1 aliphatic heterocycles. The zero-order valence-corrected chi connectivity index (χ0v) is 11.6. The number of hydrazine groups is 2. The molecule has 1 heterocycles. The summed E-state index contributed by atoms with van der Waals surface area (Å²) in [5, 5.41) is 10.2. The van der Waals surface area contributed by atoms with Crippen molar-refractivity contribution >= 4 is 5.97 Å². The summed E-state index contributed by atoms with van der Waals surface area (Å²) in [6, 6.07) is 7.66. The van der Waals surface area contributed by atoms with Crippen LogP contribution < -0.4 is 15.8 Å². The number of aliphatic carboxylic acids is 1. The highest BCUT2D eigenvalue weighted by atomic mass is 16.7. The number of hydrogen-bond donors (Lipinski definition) is 3. The SMILES string of the molecule is CCCC(C)c1ccccc1ON1NNC=C1C(=O)O. The van der Waals surface area contributed by atoms with Crippen molar-refractivity contribution in [1.82, 2.24) is 16.1 Å². The molecule has 0 fully saturated rings. The largest absolute Gasteiger partial charge is 0.476 e. The number of carbonyl (C=O) groups is 1. The van der Waals surface area contributed by atoms with E-state index in [1.165, 1.54) is 6.20 Å². The van der Waals surface area contributed by atoms with Crippen molar-refractivity contribution in [2.45, 2.75) is 32.6 Å². The van der Waals surface area contributed by atoms with Gasteiger partial charge in [-0.05, 0) is 18.4 Å². The predicted octanol–water partition coefficient (Wildman–Crippen LogP) is 2.13. The zero-order valence-electron chi connectivity index (χ0n) is 11.6. The molecule has 6 heteroatoms. The first-order chi connectivity index (χ1) is 9.63. The Kier molecular flexibility index (Phi) is 4.47. The average molecular weight is 277 g/mol. The van der Waals surface area contributed by atoms with E-state index in [1.807, 2.05) is 24.3 Å². The van der Waals surface area contributed by atoms with E-state index in [0.717, 1.165) is 23.6 Å². The second kappa shape index (κ2) is 6.29. The molecule has 1 atom stereocenters. The monoisotopic (exact) mass is 277 g/mol. The third kappa shape index (κ3) is 3.03. The van der Waals surface area contributed by atoms with Gasteiger partial charge >= 0.3 is 5.97 Å². The van der Waals surface area contributed by atoms with E-state index in [1.54, 1.807) is 0 Å². The van der Waals surface area contributed by atoms with Crippen LogP contribution in [-0.4, -0.2) is 16.2 Å². The highest BCUT2D eigenvalue weighted by Gasteiger charge is 2.24. The molecule has 1 unspecified atom stereocenters. The summed E-state index contributed by atoms with van der Waals surface area (Å²) < 4.78 is 0. The first-order valence-electron chi connectivity index (χ1n) is 6.65. The minimum Gasteiger partial charge on any atom is -0.476 e. The number of carboxylic acid groups (broad SMARTS) is 1. The van der Waals surface area contributed by atoms with Gasteiger partial charge in [-0.15, -0.1) is 10.7 Å². The fourth-order valence-electron chi connectivity index (χ4n) is 2.16. The third-order valence-electron chi connectivity index (χ3n) is 3.17. The Balaban J connectivity index is 2.17. The number of nitrogens with one attached hydrogen (secondary N) is 2. The Morgan fingerprint density at radius 2 is 2.20 bits per heavy atom. The molecule has 0 radical (unpaired) electrons. The lowest BCUT2D eigenvalue weighted by Gasteiger charge is -2.22. The summed E-state index contributed by atoms with van der Waals surface area (Å²) >= 11 is 0. The molecule has 0 bridgehead atoms. The molecule has 2 rings (SSSR count). The number of hydroxylamine groups is 1. The lowest BCUT2D eigenvalue weighted by molar-refractivity contribution is -0.142. The molecule has 108 valence electrons. The van der Waals surface area contributed by atoms with Gasteiger partial charge in [0.2, 0.25) is 0 Å². The van der Waals surface area contributed by atoms with Gasteiger partial charge in [-0.25, -0.2) is 4.79 Å². The number of rotatable bonds is 6. The molecule has 0 saturated carbocycles. The number of benzene rings is 1. The van der Waals surface area contributed by atoms with Crippen molar-refractivity contribution in [3.8, 4) is 5.75 Å². The van der Waals surface area contributed by atoms with Crippen molar-refractivity contribution in [2.24, 2.45) is 0 Å². The van der Waals surface area contributed by atoms with Crippen molar-refractivity contribution in [1.29, 1.82) is 0 Å². The second-order valence-corrected chi connectivity index (χ2v) is 4.70. The molecule has 20 heavy (non-hydrogen) atoms. The Bertz CT molecular complexity index is 516. The quantitative estimate of drug-likeness (QED) is 0.740. The zero-order chi connectivity index (χ0) is 14.5. The summed E-state index contributed by atoms with van der Waals surface area (Å²) in [7, 11) is 0. The van der Waals surface area contributed by atoms with E-state index < -0.39 is 5.97 Å². The van der Waals surface area contributed by atoms with Crippen LogP contribution >= 0.6 is 0 Å². The first kappa shape index (κ1) is 14.2. The van der Waals surface area contributed by atoms with Crippen LogP contribution in [0.15, 0.2) is 36.2 Å². The van der Waals surface area contributed by atoms with E-state index in [0.29, 0.717) is 11.7 Å². The molecule has 0 aliphatic carbocycles. The molecule has 1 aromatic rings. The van der Waals surface area contributed by atoms with Gasteiger partial charge in [0.25, 0.3) is 0 Å². The normalized spacial score (nSPS) is 15.5. The topological polar surface area (TPSA) is 73.8 Å². The predicted molar refractivity (Wildman–Crippen MR) is 74.2 cm³/mol. The molecule has 0 aromatic heterocycles. The number of hydrogen-bond acceptors (Lipinski definition) is 5. The van der Waals surface area contributed by atoms with E-state index in [9.17, 15) is 4.79 Å². The van der Waals surface area contributed by atoms with Gasteiger partial charge in [0.05, 0.1) is 6.20 Å². The van der Waals surface area contributed by atoms with Gasteiger partial charge in [0.1, 0.15) is 0 Å². The molecule has 0 amide bonds. The standard InChI is InChI=1S/C14H19N3O3/c1-3-6-10(2)11-7-4-5-8-13(11)20-17-12(14(18)19)9-15-16-17/h4-5,7-10,15-16H,3,6H2,1-2H3,(H,18,19). The van der Waals surface area contributed by atoms with Crippen LogP contribution in [0, 0.1) is 0 Å². The Morgan fingerprint density at radius 1 is 1.45 bits per heavy atom. The maximum Gasteiger partial charge on any atom is 0.358 e. The highest BCUT2D eigenvalue weighted by Crippen LogP contribution is 2.30. The molecular weight excluding hydrogens is 258 g/mol. The highest BCUT2D eigenvalue weighted by molar-refractivity contribution is 5.85. The summed E-state index contributed by atoms with van der Waals surface area (Å²) in [5.74, 6) is -0.0672. The Morgan fingerprint density at radius 3 is 2.90 bits per heavy atom. The van der Waals surface area contributed by atoms with E-state index in [2.05, 4.69) is 24.8 Å². The lowest BCUT2D eigenvalue weighted by atomic mass is 9.96. The lowest BCUT2D eigenvalue weighted by Crippen LogP contribution is -2.41. The average Bonchev–Trinajstić information content (AvgIpc) is 2.88. The Hall–Kier alpha value is -2.21. The van der Waals surface area contributed by atoms with Crippen molar-refractivity contribution in [3.05, 3.63) is 41.7 Å². The van der Waals surface area contributed by atoms with Gasteiger partial charge in [0.15, 0.2) is 11.4 Å². The fraction of sp³-hybridized carbons (Fsp3) is 0.357. The van der Waals surface area contributed by atoms with Gasteiger partial charge < -0.3 is 15.4 Å². The summed E-state index contributed by atoms with van der Waals surface area (Å²) in [4.78, 5) is 16.7. The van der Waals surface area contributed by atoms with Gasteiger partial charge in [0, 0.05) is 5.56 Å². The molecule has 1 aromatic carbocycles. The molecule has 0 saturated heterocycles. The molecule has 1 aliphatic rings. The van der Waals surface area contributed by atoms with E-state index in [4.69, 9.17) is 9.94 Å². The molecule has 3 N–H and O–H groups in total. The molecule has 0 spiro atoms. The first-order valence-corrected chi connectivity index (χ1v) is 6.65. The maximum absolute atomic E-state index is 11.1.